The summed E-state index contributed by atoms with van der Waals surface area (Å²) in [5.74, 6) is -1.37. The number of benzene rings is 1. The summed E-state index contributed by atoms with van der Waals surface area (Å²) < 4.78 is 28.6. The molecule has 0 saturated carbocycles. The Labute approximate surface area is 132 Å². The lowest BCUT2D eigenvalue weighted by atomic mass is 9.93. The molecule has 122 valence electrons. The Bertz CT molecular complexity index is 729. The van der Waals surface area contributed by atoms with Gasteiger partial charge in [-0.25, -0.2) is 13.5 Å². The Morgan fingerprint density at radius 3 is 3.00 bits per heavy atom. The molecule has 0 fully saturated rings. The van der Waals surface area contributed by atoms with Crippen molar-refractivity contribution < 1.29 is 13.6 Å². The van der Waals surface area contributed by atoms with Crippen LogP contribution in [0.2, 0.25) is 0 Å². The van der Waals surface area contributed by atoms with Gasteiger partial charge in [-0.1, -0.05) is 0 Å². The van der Waals surface area contributed by atoms with Gasteiger partial charge < -0.3 is 10.6 Å². The number of likely N-dealkylation sites (N-methyl/N-ethyl adjacent to an activating group) is 1. The Balaban J connectivity index is 1.92. The van der Waals surface area contributed by atoms with E-state index in [0.717, 1.165) is 36.6 Å². The van der Waals surface area contributed by atoms with Crippen LogP contribution >= 0.6 is 0 Å². The molecule has 1 atom stereocenters. The van der Waals surface area contributed by atoms with Gasteiger partial charge in [0.05, 0.1) is 18.8 Å². The second kappa shape index (κ2) is 6.45. The molecule has 1 amide bonds. The van der Waals surface area contributed by atoms with Gasteiger partial charge in [0.25, 0.3) is 0 Å². The lowest BCUT2D eigenvalue weighted by Gasteiger charge is -2.24. The van der Waals surface area contributed by atoms with Crippen LogP contribution in [-0.4, -0.2) is 29.3 Å². The van der Waals surface area contributed by atoms with Crippen LogP contribution in [0.15, 0.2) is 24.4 Å². The van der Waals surface area contributed by atoms with E-state index < -0.39 is 11.6 Å². The Morgan fingerprint density at radius 1 is 1.43 bits per heavy atom. The monoisotopic (exact) mass is 320 g/mol. The van der Waals surface area contributed by atoms with Crippen LogP contribution in [0.5, 0.6) is 0 Å². The molecule has 5 nitrogen and oxygen atoms in total. The number of amides is 1. The number of halogens is 2. The van der Waals surface area contributed by atoms with E-state index in [-0.39, 0.29) is 24.2 Å². The van der Waals surface area contributed by atoms with Crippen molar-refractivity contribution in [2.75, 3.05) is 13.6 Å². The lowest BCUT2D eigenvalue weighted by Crippen LogP contribution is -2.36. The maximum absolute atomic E-state index is 14.0. The zero-order chi connectivity index (χ0) is 16.4. The van der Waals surface area contributed by atoms with Gasteiger partial charge >= 0.3 is 0 Å². The first-order valence-corrected chi connectivity index (χ1v) is 7.56. The van der Waals surface area contributed by atoms with Crippen LogP contribution in [0.25, 0.3) is 5.69 Å². The van der Waals surface area contributed by atoms with E-state index in [1.165, 1.54) is 16.8 Å². The minimum absolute atomic E-state index is 0.0916. The third-order valence-corrected chi connectivity index (χ3v) is 3.99. The molecule has 0 radical (unpaired) electrons. The van der Waals surface area contributed by atoms with Crippen LogP contribution in [0.3, 0.4) is 0 Å². The largest absolute Gasteiger partial charge is 0.348 e. The van der Waals surface area contributed by atoms with E-state index in [2.05, 4.69) is 15.7 Å². The van der Waals surface area contributed by atoms with Crippen LogP contribution in [0.4, 0.5) is 8.78 Å². The van der Waals surface area contributed by atoms with Gasteiger partial charge in [0.2, 0.25) is 5.91 Å². The first-order valence-electron chi connectivity index (χ1n) is 7.56. The van der Waals surface area contributed by atoms with Gasteiger partial charge in [0.15, 0.2) is 5.82 Å². The third kappa shape index (κ3) is 3.10. The van der Waals surface area contributed by atoms with Gasteiger partial charge in [-0.05, 0) is 38.4 Å². The number of fused-ring (bicyclic) bond motifs is 1. The van der Waals surface area contributed by atoms with E-state index in [1.807, 2.05) is 0 Å². The fourth-order valence-corrected chi connectivity index (χ4v) is 2.97. The van der Waals surface area contributed by atoms with E-state index in [4.69, 9.17) is 0 Å². The molecule has 0 spiro atoms. The normalized spacial score (nSPS) is 16.9. The minimum Gasteiger partial charge on any atom is -0.348 e. The topological polar surface area (TPSA) is 59.0 Å². The van der Waals surface area contributed by atoms with E-state index in [1.54, 1.807) is 13.2 Å². The molecule has 0 saturated heterocycles. The number of aromatic nitrogens is 2. The smallest absolute Gasteiger partial charge is 0.234 e. The maximum Gasteiger partial charge on any atom is 0.234 e. The zero-order valence-corrected chi connectivity index (χ0v) is 12.8. The van der Waals surface area contributed by atoms with Crippen molar-refractivity contribution in [2.45, 2.75) is 25.3 Å². The van der Waals surface area contributed by atoms with E-state index in [9.17, 15) is 13.6 Å². The predicted molar refractivity (Wildman–Crippen MR) is 81.2 cm³/mol. The highest BCUT2D eigenvalue weighted by Crippen LogP contribution is 2.31. The maximum atomic E-state index is 14.0. The molecular formula is C16H18F2N4O. The van der Waals surface area contributed by atoms with E-state index >= 15 is 0 Å². The highest BCUT2D eigenvalue weighted by atomic mass is 19.1. The van der Waals surface area contributed by atoms with Gasteiger partial charge in [0, 0.05) is 17.3 Å². The first-order chi connectivity index (χ1) is 11.1. The number of nitrogens with one attached hydrogen (secondary N) is 2. The SMILES string of the molecule is CNCC(=O)N[C@@H]1CCCc2c1cnn2-c1ccc(F)cc1F. The number of hydrogen-bond acceptors (Lipinski definition) is 3. The molecule has 0 bridgehead atoms. The number of hydrogen-bond donors (Lipinski definition) is 2. The second-order valence-electron chi connectivity index (χ2n) is 5.60. The van der Waals surface area contributed by atoms with Crippen LogP contribution < -0.4 is 10.6 Å². The van der Waals surface area contributed by atoms with Gasteiger partial charge in [-0.3, -0.25) is 4.79 Å². The van der Waals surface area contributed by atoms with Crippen LogP contribution in [-0.2, 0) is 11.2 Å². The van der Waals surface area contributed by atoms with Crippen LogP contribution in [0.1, 0.15) is 30.1 Å². The molecule has 1 aliphatic rings. The van der Waals surface area contributed by atoms with Crippen molar-refractivity contribution >= 4 is 5.91 Å². The van der Waals surface area contributed by atoms with E-state index in [0.29, 0.717) is 0 Å². The lowest BCUT2D eigenvalue weighted by molar-refractivity contribution is -0.121. The Kier molecular flexibility index (Phi) is 4.38. The number of rotatable bonds is 4. The molecule has 0 unspecified atom stereocenters. The number of carbonyl (C=O) groups is 1. The quantitative estimate of drug-likeness (QED) is 0.904. The molecule has 1 aromatic carbocycles. The molecule has 1 aliphatic carbocycles. The Hall–Kier alpha value is -2.28. The Morgan fingerprint density at radius 2 is 2.26 bits per heavy atom. The summed E-state index contributed by atoms with van der Waals surface area (Å²) >= 11 is 0. The fourth-order valence-electron chi connectivity index (χ4n) is 2.97. The average Bonchev–Trinajstić information content (AvgIpc) is 2.92. The van der Waals surface area contributed by atoms with Crippen LogP contribution in [0, 0.1) is 11.6 Å². The average molecular weight is 320 g/mol. The highest BCUT2D eigenvalue weighted by molar-refractivity contribution is 5.78. The minimum atomic E-state index is -0.655. The first kappa shape index (κ1) is 15.6. The summed E-state index contributed by atoms with van der Waals surface area (Å²) in [6.07, 6.45) is 4.08. The third-order valence-electron chi connectivity index (χ3n) is 3.99. The summed E-state index contributed by atoms with van der Waals surface area (Å²) in [6, 6.07) is 3.30. The standard InChI is InChI=1S/C16H18F2N4O/c1-19-9-16(23)21-13-3-2-4-14-11(13)8-20-22(14)15-6-5-10(17)7-12(15)18/h5-8,13,19H,2-4,9H2,1H3,(H,21,23)/t13-/m1/s1. The molecule has 7 heteroatoms. The molecule has 2 N–H and O–H groups in total. The summed E-state index contributed by atoms with van der Waals surface area (Å²) in [6.45, 7) is 0.243. The molecule has 23 heavy (non-hydrogen) atoms. The van der Waals surface area contributed by atoms with Crippen molar-refractivity contribution in [3.05, 3.63) is 47.3 Å². The van der Waals surface area contributed by atoms with Crippen molar-refractivity contribution in [3.8, 4) is 5.69 Å². The number of carbonyl (C=O) groups excluding carboxylic acids is 1. The highest BCUT2D eigenvalue weighted by Gasteiger charge is 2.26. The summed E-state index contributed by atoms with van der Waals surface area (Å²) in [5, 5.41) is 10.0. The predicted octanol–water partition coefficient (Wildman–Crippen LogP) is 1.86. The summed E-state index contributed by atoms with van der Waals surface area (Å²) in [4.78, 5) is 11.8. The number of nitrogens with zero attached hydrogens (tertiary/aromatic N) is 2. The van der Waals surface area contributed by atoms with Crippen molar-refractivity contribution in [3.63, 3.8) is 0 Å². The fraction of sp³-hybridized carbons (Fsp3) is 0.375. The summed E-state index contributed by atoms with van der Waals surface area (Å²) in [5.41, 5.74) is 1.97. The molecule has 2 aromatic rings. The van der Waals surface area contributed by atoms with Crippen molar-refractivity contribution in [1.82, 2.24) is 20.4 Å². The molecular weight excluding hydrogens is 302 g/mol. The molecule has 1 heterocycles. The molecule has 3 rings (SSSR count). The van der Waals surface area contributed by atoms with Crippen molar-refractivity contribution in [1.29, 1.82) is 0 Å². The van der Waals surface area contributed by atoms with Crippen molar-refractivity contribution in [2.24, 2.45) is 0 Å². The molecule has 0 aliphatic heterocycles. The van der Waals surface area contributed by atoms with Gasteiger partial charge in [-0.15, -0.1) is 0 Å². The van der Waals surface area contributed by atoms with Gasteiger partial charge in [-0.2, -0.15) is 5.10 Å². The van der Waals surface area contributed by atoms with Gasteiger partial charge in [0.1, 0.15) is 11.5 Å². The zero-order valence-electron chi connectivity index (χ0n) is 12.8. The summed E-state index contributed by atoms with van der Waals surface area (Å²) in [7, 11) is 1.71. The second-order valence-corrected chi connectivity index (χ2v) is 5.60. The molecule has 1 aromatic heterocycles.